The Morgan fingerprint density at radius 3 is 1.83 bits per heavy atom. The van der Waals surface area contributed by atoms with Crippen molar-refractivity contribution in [1.29, 1.82) is 0 Å². The van der Waals surface area contributed by atoms with E-state index in [9.17, 15) is 0 Å². The largest absolute Gasteiger partial charge is 0.412 e. The van der Waals surface area contributed by atoms with Gasteiger partial charge in [0.2, 0.25) is 10.5 Å². The van der Waals surface area contributed by atoms with Crippen molar-refractivity contribution >= 4 is 10.5 Å². The van der Waals surface area contributed by atoms with Crippen LogP contribution in [0.15, 0.2) is 66.7 Å². The van der Waals surface area contributed by atoms with Gasteiger partial charge < -0.3 is 4.43 Å². The first-order chi connectivity index (χ1) is 11.6. The van der Waals surface area contributed by atoms with Crippen LogP contribution in [-0.2, 0) is 4.43 Å². The van der Waals surface area contributed by atoms with Gasteiger partial charge in [-0.15, -0.1) is 0 Å². The summed E-state index contributed by atoms with van der Waals surface area (Å²) in [6, 6.07) is 23.5. The Labute approximate surface area is 147 Å². The molecule has 0 aromatic heterocycles. The lowest BCUT2D eigenvalue weighted by Gasteiger charge is -2.21. The molecular weight excluding hydrogens is 308 g/mol. The van der Waals surface area contributed by atoms with Crippen LogP contribution in [0.1, 0.15) is 29.7 Å². The molecule has 0 saturated carbocycles. The van der Waals surface area contributed by atoms with Gasteiger partial charge in [-0.1, -0.05) is 66.7 Å². The number of aryl methyl sites for hydroxylation is 2. The summed E-state index contributed by atoms with van der Waals surface area (Å²) in [5.41, 5.74) is 8.73. The maximum absolute atomic E-state index is 5.46. The van der Waals surface area contributed by atoms with Gasteiger partial charge in [0.1, 0.15) is 0 Å². The molecule has 2 heteroatoms. The van der Waals surface area contributed by atoms with Crippen LogP contribution in [-0.4, -0.2) is 10.5 Å². The molecule has 24 heavy (non-hydrogen) atoms. The standard InChI is InChI=1S/C22H21OSi/c1-15-9-4-6-11-18(15)21-14-8-13-20(17(3)23-24)22(21)19-12-7-5-10-16(19)2/h4-14,17H,1-3H3. The molecule has 1 nitrogen and oxygen atoms in total. The van der Waals surface area contributed by atoms with Crippen molar-refractivity contribution in [3.8, 4) is 22.3 Å². The molecule has 3 radical (unpaired) electrons. The van der Waals surface area contributed by atoms with Gasteiger partial charge in [-0.25, -0.2) is 0 Å². The van der Waals surface area contributed by atoms with E-state index in [2.05, 4.69) is 98.0 Å². The SMILES string of the molecule is Cc1ccccc1-c1cccc(C(C)O[Si])c1-c1ccccc1C. The van der Waals surface area contributed by atoms with Gasteiger partial charge in [-0.3, -0.25) is 0 Å². The second-order valence-electron chi connectivity index (χ2n) is 6.16. The van der Waals surface area contributed by atoms with E-state index >= 15 is 0 Å². The van der Waals surface area contributed by atoms with E-state index in [-0.39, 0.29) is 6.10 Å². The monoisotopic (exact) mass is 329 g/mol. The Morgan fingerprint density at radius 2 is 1.25 bits per heavy atom. The molecule has 0 saturated heterocycles. The zero-order valence-corrected chi connectivity index (χ0v) is 15.3. The fraction of sp³-hybridized carbons (Fsp3) is 0.182. The Morgan fingerprint density at radius 1 is 0.708 bits per heavy atom. The van der Waals surface area contributed by atoms with Gasteiger partial charge >= 0.3 is 0 Å². The van der Waals surface area contributed by atoms with Crippen molar-refractivity contribution in [1.82, 2.24) is 0 Å². The van der Waals surface area contributed by atoms with Gasteiger partial charge in [-0.2, -0.15) is 0 Å². The Kier molecular flexibility index (Phi) is 4.98. The van der Waals surface area contributed by atoms with Crippen LogP contribution in [0.5, 0.6) is 0 Å². The van der Waals surface area contributed by atoms with Gasteiger partial charge in [0.25, 0.3) is 0 Å². The van der Waals surface area contributed by atoms with Crippen molar-refractivity contribution < 1.29 is 4.43 Å². The first kappa shape index (κ1) is 16.7. The summed E-state index contributed by atoms with van der Waals surface area (Å²) in [4.78, 5) is 0. The fourth-order valence-electron chi connectivity index (χ4n) is 3.23. The molecular formula is C22H21OSi. The lowest BCUT2D eigenvalue weighted by atomic mass is 9.86. The van der Waals surface area contributed by atoms with Gasteiger partial charge in [0.15, 0.2) is 0 Å². The maximum Gasteiger partial charge on any atom is 0.247 e. The Hall–Kier alpha value is -2.16. The Balaban J connectivity index is 2.35. The third-order valence-corrected chi connectivity index (χ3v) is 4.91. The highest BCUT2D eigenvalue weighted by atomic mass is 28.2. The summed E-state index contributed by atoms with van der Waals surface area (Å²) in [5, 5.41) is 0. The van der Waals surface area contributed by atoms with Crippen LogP contribution < -0.4 is 0 Å². The minimum atomic E-state index is -0.0414. The third kappa shape index (κ3) is 3.08. The van der Waals surface area contributed by atoms with Crippen LogP contribution in [0, 0.1) is 13.8 Å². The minimum absolute atomic E-state index is 0.0414. The lowest BCUT2D eigenvalue weighted by Crippen LogP contribution is -2.02. The predicted molar refractivity (Wildman–Crippen MR) is 102 cm³/mol. The highest BCUT2D eigenvalue weighted by Gasteiger charge is 2.18. The average molecular weight is 329 g/mol. The number of hydrogen-bond donors (Lipinski definition) is 0. The summed E-state index contributed by atoms with van der Waals surface area (Å²) < 4.78 is 5.46. The zero-order valence-electron chi connectivity index (χ0n) is 14.3. The Bertz CT molecular complexity index is 854. The number of hydrogen-bond acceptors (Lipinski definition) is 1. The number of rotatable bonds is 4. The van der Waals surface area contributed by atoms with Crippen LogP contribution in [0.4, 0.5) is 0 Å². The molecule has 0 amide bonds. The van der Waals surface area contributed by atoms with E-state index < -0.39 is 0 Å². The fourth-order valence-corrected chi connectivity index (χ4v) is 3.35. The molecule has 0 aliphatic heterocycles. The highest BCUT2D eigenvalue weighted by molar-refractivity contribution is 5.98. The van der Waals surface area contributed by atoms with E-state index in [1.54, 1.807) is 0 Å². The van der Waals surface area contributed by atoms with Crippen molar-refractivity contribution in [3.05, 3.63) is 83.4 Å². The van der Waals surface area contributed by atoms with Crippen LogP contribution in [0.25, 0.3) is 22.3 Å². The normalized spacial score (nSPS) is 12.2. The summed E-state index contributed by atoms with van der Waals surface area (Å²) in [7, 11) is 3.22. The van der Waals surface area contributed by atoms with Crippen molar-refractivity contribution in [2.75, 3.05) is 0 Å². The van der Waals surface area contributed by atoms with Gasteiger partial charge in [0.05, 0.1) is 6.10 Å². The molecule has 3 rings (SSSR count). The van der Waals surface area contributed by atoms with Crippen molar-refractivity contribution in [3.63, 3.8) is 0 Å². The summed E-state index contributed by atoms with van der Waals surface area (Å²) in [6.07, 6.45) is -0.0414. The second kappa shape index (κ2) is 7.16. The highest BCUT2D eigenvalue weighted by Crippen LogP contribution is 2.40. The first-order valence-electron chi connectivity index (χ1n) is 8.20. The van der Waals surface area contributed by atoms with Crippen molar-refractivity contribution in [2.24, 2.45) is 0 Å². The average Bonchev–Trinajstić information content (AvgIpc) is 2.61. The van der Waals surface area contributed by atoms with Gasteiger partial charge in [-0.05, 0) is 59.7 Å². The molecule has 1 unspecified atom stereocenters. The molecule has 119 valence electrons. The smallest absolute Gasteiger partial charge is 0.247 e. The summed E-state index contributed by atoms with van der Waals surface area (Å²) in [5.74, 6) is 0. The molecule has 3 aromatic carbocycles. The van der Waals surface area contributed by atoms with Gasteiger partial charge in [0, 0.05) is 0 Å². The molecule has 0 N–H and O–H groups in total. The van der Waals surface area contributed by atoms with E-state index in [1.165, 1.54) is 38.9 Å². The molecule has 0 fully saturated rings. The van der Waals surface area contributed by atoms with E-state index in [1.807, 2.05) is 0 Å². The first-order valence-corrected chi connectivity index (χ1v) is 8.61. The molecule has 1 atom stereocenters. The van der Waals surface area contributed by atoms with Crippen LogP contribution in [0.3, 0.4) is 0 Å². The summed E-state index contributed by atoms with van der Waals surface area (Å²) >= 11 is 0. The molecule has 0 spiro atoms. The zero-order chi connectivity index (χ0) is 17.1. The van der Waals surface area contributed by atoms with Crippen LogP contribution >= 0.6 is 0 Å². The van der Waals surface area contributed by atoms with E-state index in [4.69, 9.17) is 4.43 Å². The van der Waals surface area contributed by atoms with E-state index in [0.29, 0.717) is 0 Å². The summed E-state index contributed by atoms with van der Waals surface area (Å²) in [6.45, 7) is 6.38. The predicted octanol–water partition coefficient (Wildman–Crippen LogP) is 5.80. The van der Waals surface area contributed by atoms with E-state index in [0.717, 1.165) is 0 Å². The molecule has 0 heterocycles. The molecule has 3 aromatic rings. The second-order valence-corrected chi connectivity index (χ2v) is 6.40. The number of benzene rings is 3. The molecule has 0 bridgehead atoms. The lowest BCUT2D eigenvalue weighted by molar-refractivity contribution is 0.251. The van der Waals surface area contributed by atoms with Crippen molar-refractivity contribution in [2.45, 2.75) is 26.9 Å². The third-order valence-electron chi connectivity index (χ3n) is 4.56. The van der Waals surface area contributed by atoms with Crippen LogP contribution in [0.2, 0.25) is 0 Å². The molecule has 0 aliphatic rings. The topological polar surface area (TPSA) is 9.23 Å². The minimum Gasteiger partial charge on any atom is -0.412 e. The molecule has 0 aliphatic carbocycles. The quantitative estimate of drug-likeness (QED) is 0.550. The maximum atomic E-state index is 5.46.